The largest absolute Gasteiger partial charge is 0.497 e. The Hall–Kier alpha value is -3.55. The van der Waals surface area contributed by atoms with Crippen LogP contribution in [0.4, 0.5) is 10.5 Å². The summed E-state index contributed by atoms with van der Waals surface area (Å²) in [4.78, 5) is 41.8. The first-order valence-corrected chi connectivity index (χ1v) is 12.7. The van der Waals surface area contributed by atoms with E-state index in [1.165, 1.54) is 0 Å². The molecule has 8 nitrogen and oxygen atoms in total. The van der Waals surface area contributed by atoms with E-state index in [0.717, 1.165) is 5.56 Å². The van der Waals surface area contributed by atoms with E-state index in [-0.39, 0.29) is 17.7 Å². The molecule has 2 aromatic rings. The van der Waals surface area contributed by atoms with E-state index < -0.39 is 23.8 Å². The molecule has 2 atom stereocenters. The zero-order valence-corrected chi connectivity index (χ0v) is 23.3. The molecule has 0 aliphatic heterocycles. The summed E-state index contributed by atoms with van der Waals surface area (Å²) in [7, 11) is 1.58. The highest BCUT2D eigenvalue weighted by molar-refractivity contribution is 5.99. The van der Waals surface area contributed by atoms with Crippen LogP contribution >= 0.6 is 0 Å². The molecule has 3 amide bonds. The van der Waals surface area contributed by atoms with Crippen LogP contribution in [0, 0.1) is 12.8 Å². The van der Waals surface area contributed by atoms with Crippen LogP contribution in [-0.4, -0.2) is 48.1 Å². The van der Waals surface area contributed by atoms with Crippen LogP contribution in [-0.2, 0) is 14.3 Å². The highest BCUT2D eigenvalue weighted by atomic mass is 16.6. The molecule has 0 aromatic heterocycles. The van der Waals surface area contributed by atoms with Crippen molar-refractivity contribution in [3.05, 3.63) is 59.7 Å². The number of ether oxygens (including phenoxy) is 2. The van der Waals surface area contributed by atoms with Gasteiger partial charge in [0.05, 0.1) is 7.11 Å². The van der Waals surface area contributed by atoms with E-state index in [2.05, 4.69) is 10.6 Å². The van der Waals surface area contributed by atoms with Crippen LogP contribution in [0.5, 0.6) is 5.75 Å². The first kappa shape index (κ1) is 29.7. The van der Waals surface area contributed by atoms with E-state index >= 15 is 0 Å². The quantitative estimate of drug-likeness (QED) is 0.441. The predicted molar refractivity (Wildman–Crippen MR) is 146 cm³/mol. The zero-order valence-electron chi connectivity index (χ0n) is 23.3. The topological polar surface area (TPSA) is 97.0 Å². The standard InChI is InChI=1S/C29H41N3O5/c1-9-18-32(27(34)24(19(2)3)31-28(35)37-29(5,6)7)25(21-12-10-20(4)11-13-21)26(33)30-22-14-16-23(36-8)17-15-22/h10-17,19,24-25H,9,18H2,1-8H3,(H,30,33)(H,31,35). The minimum atomic E-state index is -0.906. The molecule has 0 aliphatic carbocycles. The van der Waals surface area contributed by atoms with Crippen molar-refractivity contribution < 1.29 is 23.9 Å². The second-order valence-corrected chi connectivity index (χ2v) is 10.4. The predicted octanol–water partition coefficient (Wildman–Crippen LogP) is 5.47. The van der Waals surface area contributed by atoms with Crippen molar-refractivity contribution in [2.24, 2.45) is 5.92 Å². The molecule has 8 heteroatoms. The average molecular weight is 512 g/mol. The number of anilines is 1. The molecular weight excluding hydrogens is 470 g/mol. The van der Waals surface area contributed by atoms with Gasteiger partial charge in [0.2, 0.25) is 5.91 Å². The Morgan fingerprint density at radius 1 is 0.973 bits per heavy atom. The van der Waals surface area contributed by atoms with Gasteiger partial charge in [-0.25, -0.2) is 4.79 Å². The van der Waals surface area contributed by atoms with Crippen LogP contribution in [0.2, 0.25) is 0 Å². The lowest BCUT2D eigenvalue weighted by atomic mass is 9.98. The van der Waals surface area contributed by atoms with E-state index in [1.807, 2.05) is 52.0 Å². The molecule has 2 unspecified atom stereocenters. The van der Waals surface area contributed by atoms with Crippen molar-refractivity contribution in [1.29, 1.82) is 0 Å². The number of amides is 3. The minimum absolute atomic E-state index is 0.234. The molecule has 0 bridgehead atoms. The molecule has 2 N–H and O–H groups in total. The van der Waals surface area contributed by atoms with Gasteiger partial charge in [0.1, 0.15) is 23.4 Å². The van der Waals surface area contributed by atoms with Crippen molar-refractivity contribution in [2.45, 2.75) is 72.6 Å². The normalized spacial score (nSPS) is 12.9. The zero-order chi connectivity index (χ0) is 27.8. The molecule has 0 aliphatic rings. The van der Waals surface area contributed by atoms with Gasteiger partial charge in [0.15, 0.2) is 0 Å². The Bertz CT molecular complexity index is 1040. The Kier molecular flexibility index (Phi) is 10.5. The molecular formula is C29H41N3O5. The molecule has 0 heterocycles. The van der Waals surface area contributed by atoms with Gasteiger partial charge in [0.25, 0.3) is 5.91 Å². The van der Waals surface area contributed by atoms with Crippen molar-refractivity contribution in [2.75, 3.05) is 19.0 Å². The Labute approximate surface area is 220 Å². The van der Waals surface area contributed by atoms with Gasteiger partial charge in [-0.2, -0.15) is 0 Å². The van der Waals surface area contributed by atoms with Crippen molar-refractivity contribution in [1.82, 2.24) is 10.2 Å². The molecule has 0 saturated heterocycles. The first-order chi connectivity index (χ1) is 17.4. The highest BCUT2D eigenvalue weighted by Crippen LogP contribution is 2.27. The van der Waals surface area contributed by atoms with Crippen LogP contribution in [0.15, 0.2) is 48.5 Å². The van der Waals surface area contributed by atoms with E-state index in [1.54, 1.807) is 57.0 Å². The summed E-state index contributed by atoms with van der Waals surface area (Å²) in [6.45, 7) is 13.2. The van der Waals surface area contributed by atoms with Gasteiger partial charge < -0.3 is 25.0 Å². The summed E-state index contributed by atoms with van der Waals surface area (Å²) in [6.07, 6.45) is -0.0492. The fourth-order valence-electron chi connectivity index (χ4n) is 3.84. The number of hydrogen-bond donors (Lipinski definition) is 2. The second-order valence-electron chi connectivity index (χ2n) is 10.4. The average Bonchev–Trinajstić information content (AvgIpc) is 2.82. The lowest BCUT2D eigenvalue weighted by Crippen LogP contribution is -2.54. The number of rotatable bonds is 10. The minimum Gasteiger partial charge on any atom is -0.497 e. The third kappa shape index (κ3) is 8.81. The van der Waals surface area contributed by atoms with Crippen molar-refractivity contribution in [3.8, 4) is 5.75 Å². The van der Waals surface area contributed by atoms with Gasteiger partial charge in [-0.3, -0.25) is 9.59 Å². The number of benzene rings is 2. The van der Waals surface area contributed by atoms with Crippen LogP contribution < -0.4 is 15.4 Å². The second kappa shape index (κ2) is 13.1. The summed E-state index contributed by atoms with van der Waals surface area (Å²) in [6, 6.07) is 12.8. The van der Waals surface area contributed by atoms with Crippen LogP contribution in [0.1, 0.15) is 65.1 Å². The fraction of sp³-hybridized carbons (Fsp3) is 0.483. The molecule has 2 rings (SSSR count). The molecule has 2 aromatic carbocycles. The summed E-state index contributed by atoms with van der Waals surface area (Å²) in [5.74, 6) is -0.264. The number of nitrogens with zero attached hydrogens (tertiary/aromatic N) is 1. The van der Waals surface area contributed by atoms with Crippen molar-refractivity contribution >= 4 is 23.6 Å². The summed E-state index contributed by atoms with van der Waals surface area (Å²) in [5, 5.41) is 5.67. The summed E-state index contributed by atoms with van der Waals surface area (Å²) < 4.78 is 10.6. The molecule has 0 fully saturated rings. The third-order valence-corrected chi connectivity index (χ3v) is 5.66. The summed E-state index contributed by atoms with van der Waals surface area (Å²) >= 11 is 0. The number of methoxy groups -OCH3 is 1. The number of aryl methyl sites for hydroxylation is 1. The number of alkyl carbamates (subject to hydrolysis) is 1. The Balaban J connectivity index is 2.45. The SMILES string of the molecule is CCCN(C(=O)C(NC(=O)OC(C)(C)C)C(C)C)C(C(=O)Nc1ccc(OC)cc1)c1ccc(C)cc1. The first-order valence-electron chi connectivity index (χ1n) is 12.7. The number of hydrogen-bond acceptors (Lipinski definition) is 5. The van der Waals surface area contributed by atoms with Gasteiger partial charge in [-0.1, -0.05) is 50.6 Å². The molecule has 0 saturated carbocycles. The highest BCUT2D eigenvalue weighted by Gasteiger charge is 2.37. The smallest absolute Gasteiger partial charge is 0.408 e. The van der Waals surface area contributed by atoms with Crippen molar-refractivity contribution in [3.63, 3.8) is 0 Å². The number of nitrogens with one attached hydrogen (secondary N) is 2. The maximum absolute atomic E-state index is 14.0. The van der Waals surface area contributed by atoms with Gasteiger partial charge in [0, 0.05) is 12.2 Å². The van der Waals surface area contributed by atoms with E-state index in [0.29, 0.717) is 30.0 Å². The fourth-order valence-corrected chi connectivity index (χ4v) is 3.84. The van der Waals surface area contributed by atoms with Crippen LogP contribution in [0.25, 0.3) is 0 Å². The maximum Gasteiger partial charge on any atom is 0.408 e. The van der Waals surface area contributed by atoms with Crippen LogP contribution in [0.3, 0.4) is 0 Å². The number of carbonyl (C=O) groups is 3. The third-order valence-electron chi connectivity index (χ3n) is 5.66. The van der Waals surface area contributed by atoms with E-state index in [4.69, 9.17) is 9.47 Å². The van der Waals surface area contributed by atoms with Gasteiger partial charge in [-0.15, -0.1) is 0 Å². The lowest BCUT2D eigenvalue weighted by Gasteiger charge is -2.35. The summed E-state index contributed by atoms with van der Waals surface area (Å²) in [5.41, 5.74) is 1.59. The maximum atomic E-state index is 14.0. The van der Waals surface area contributed by atoms with Gasteiger partial charge >= 0.3 is 6.09 Å². The van der Waals surface area contributed by atoms with Gasteiger partial charge in [-0.05, 0) is 69.9 Å². The molecule has 202 valence electrons. The Morgan fingerprint density at radius 2 is 1.57 bits per heavy atom. The molecule has 0 spiro atoms. The molecule has 37 heavy (non-hydrogen) atoms. The monoisotopic (exact) mass is 511 g/mol. The lowest BCUT2D eigenvalue weighted by molar-refractivity contribution is -0.141. The Morgan fingerprint density at radius 3 is 2.05 bits per heavy atom. The molecule has 0 radical (unpaired) electrons. The number of carbonyl (C=O) groups excluding carboxylic acids is 3. The van der Waals surface area contributed by atoms with E-state index in [9.17, 15) is 14.4 Å².